The second kappa shape index (κ2) is 4.49. The molecule has 5 heteroatoms. The molecule has 0 radical (unpaired) electrons. The largest absolute Gasteiger partial charge is 0.366 e. The third-order valence-electron chi connectivity index (χ3n) is 3.29. The highest BCUT2D eigenvalue weighted by molar-refractivity contribution is 5.52. The summed E-state index contributed by atoms with van der Waals surface area (Å²) in [6, 6.07) is 6.03. The van der Waals surface area contributed by atoms with Crippen LogP contribution in [0.25, 0.3) is 0 Å². The zero-order valence-corrected chi connectivity index (χ0v) is 9.85. The van der Waals surface area contributed by atoms with Crippen LogP contribution in [0.4, 0.5) is 5.82 Å². The minimum Gasteiger partial charge on any atom is -0.366 e. The maximum absolute atomic E-state index is 9.03. The molecular formula is C13H13N5. The highest BCUT2D eigenvalue weighted by atomic mass is 15.1. The van der Waals surface area contributed by atoms with Crippen LogP contribution in [0.5, 0.6) is 0 Å². The summed E-state index contributed by atoms with van der Waals surface area (Å²) in [7, 11) is 0. The molecule has 0 spiro atoms. The van der Waals surface area contributed by atoms with Crippen molar-refractivity contribution in [2.24, 2.45) is 0 Å². The number of fused-ring (bicyclic) bond motifs is 1. The molecule has 2 N–H and O–H groups in total. The van der Waals surface area contributed by atoms with Gasteiger partial charge in [-0.3, -0.25) is 5.10 Å². The molecule has 0 bridgehead atoms. The Morgan fingerprint density at radius 2 is 2.44 bits per heavy atom. The first kappa shape index (κ1) is 10.8. The third kappa shape index (κ3) is 1.93. The molecule has 1 aliphatic rings. The number of aromatic amines is 1. The lowest BCUT2D eigenvalue weighted by Crippen LogP contribution is -2.27. The van der Waals surface area contributed by atoms with Crippen LogP contribution in [0.2, 0.25) is 0 Å². The average Bonchev–Trinajstić information content (AvgIpc) is 2.87. The second-order valence-electron chi connectivity index (χ2n) is 4.47. The molecule has 1 aliphatic carbocycles. The number of nitriles is 1. The maximum atomic E-state index is 9.03. The molecule has 18 heavy (non-hydrogen) atoms. The van der Waals surface area contributed by atoms with E-state index in [0.717, 1.165) is 19.3 Å². The Morgan fingerprint density at radius 1 is 1.50 bits per heavy atom. The predicted octanol–water partition coefficient (Wildman–Crippen LogP) is 1.65. The topological polar surface area (TPSA) is 77.4 Å². The summed E-state index contributed by atoms with van der Waals surface area (Å²) in [5.74, 6) is 0.678. The van der Waals surface area contributed by atoms with Gasteiger partial charge in [0.15, 0.2) is 0 Å². The molecule has 0 aromatic carbocycles. The molecular weight excluding hydrogens is 226 g/mol. The van der Waals surface area contributed by atoms with E-state index in [4.69, 9.17) is 5.26 Å². The van der Waals surface area contributed by atoms with Gasteiger partial charge < -0.3 is 5.32 Å². The first-order valence-corrected chi connectivity index (χ1v) is 5.99. The molecule has 0 aliphatic heterocycles. The van der Waals surface area contributed by atoms with Gasteiger partial charge in [0.25, 0.3) is 0 Å². The monoisotopic (exact) mass is 239 g/mol. The minimum atomic E-state index is 0.317. The van der Waals surface area contributed by atoms with Gasteiger partial charge in [-0.25, -0.2) is 4.98 Å². The number of rotatable bonds is 2. The van der Waals surface area contributed by atoms with Crippen molar-refractivity contribution in [3.8, 4) is 6.07 Å². The summed E-state index contributed by atoms with van der Waals surface area (Å²) in [4.78, 5) is 4.23. The zero-order chi connectivity index (χ0) is 12.4. The number of aromatic nitrogens is 3. The molecule has 2 heterocycles. The molecule has 1 unspecified atom stereocenters. The van der Waals surface area contributed by atoms with Crippen molar-refractivity contribution in [1.82, 2.24) is 15.2 Å². The van der Waals surface area contributed by atoms with Gasteiger partial charge in [-0.15, -0.1) is 0 Å². The summed E-state index contributed by atoms with van der Waals surface area (Å²) >= 11 is 0. The number of hydrogen-bond donors (Lipinski definition) is 2. The molecule has 3 rings (SSSR count). The van der Waals surface area contributed by atoms with E-state index >= 15 is 0 Å². The fourth-order valence-electron chi connectivity index (χ4n) is 2.34. The maximum Gasteiger partial charge on any atom is 0.144 e. The highest BCUT2D eigenvalue weighted by Gasteiger charge is 2.20. The van der Waals surface area contributed by atoms with Crippen LogP contribution in [-0.4, -0.2) is 21.2 Å². The highest BCUT2D eigenvalue weighted by Crippen LogP contribution is 2.22. The lowest BCUT2D eigenvalue weighted by atomic mass is 9.93. The van der Waals surface area contributed by atoms with Crippen LogP contribution in [-0.2, 0) is 12.8 Å². The van der Waals surface area contributed by atoms with Gasteiger partial charge >= 0.3 is 0 Å². The van der Waals surface area contributed by atoms with Crippen LogP contribution < -0.4 is 5.32 Å². The minimum absolute atomic E-state index is 0.317. The molecule has 1 atom stereocenters. The van der Waals surface area contributed by atoms with Gasteiger partial charge in [-0.2, -0.15) is 10.4 Å². The van der Waals surface area contributed by atoms with Crippen LogP contribution >= 0.6 is 0 Å². The molecule has 0 amide bonds. The zero-order valence-electron chi connectivity index (χ0n) is 9.85. The quantitative estimate of drug-likeness (QED) is 0.835. The number of anilines is 1. The fourth-order valence-corrected chi connectivity index (χ4v) is 2.34. The molecule has 5 nitrogen and oxygen atoms in total. The Morgan fingerprint density at radius 3 is 3.33 bits per heavy atom. The number of nitrogens with zero attached hydrogens (tertiary/aromatic N) is 3. The Labute approximate surface area is 105 Å². The van der Waals surface area contributed by atoms with Crippen molar-refractivity contribution < 1.29 is 0 Å². The predicted molar refractivity (Wildman–Crippen MR) is 67.0 cm³/mol. The molecule has 0 fully saturated rings. The van der Waals surface area contributed by atoms with Crippen LogP contribution in [0.15, 0.2) is 24.5 Å². The van der Waals surface area contributed by atoms with Crippen LogP contribution in [0, 0.1) is 11.3 Å². The van der Waals surface area contributed by atoms with E-state index in [2.05, 4.69) is 26.6 Å². The van der Waals surface area contributed by atoms with E-state index < -0.39 is 0 Å². The fraction of sp³-hybridized carbons (Fsp3) is 0.308. The summed E-state index contributed by atoms with van der Waals surface area (Å²) in [6.07, 6.45) is 6.52. The Balaban J connectivity index is 1.77. The number of pyridine rings is 1. The van der Waals surface area contributed by atoms with Gasteiger partial charge in [0.2, 0.25) is 0 Å². The molecule has 90 valence electrons. The van der Waals surface area contributed by atoms with Crippen molar-refractivity contribution >= 4 is 5.82 Å². The summed E-state index contributed by atoms with van der Waals surface area (Å²) < 4.78 is 0. The lowest BCUT2D eigenvalue weighted by molar-refractivity contribution is 0.602. The number of nitrogens with one attached hydrogen (secondary N) is 2. The molecule has 2 aromatic rings. The van der Waals surface area contributed by atoms with E-state index in [0.29, 0.717) is 17.4 Å². The molecule has 0 saturated carbocycles. The van der Waals surface area contributed by atoms with Crippen molar-refractivity contribution in [3.63, 3.8) is 0 Å². The van der Waals surface area contributed by atoms with Crippen LogP contribution in [0.3, 0.4) is 0 Å². The normalized spacial score (nSPS) is 17.8. The van der Waals surface area contributed by atoms with Gasteiger partial charge in [0, 0.05) is 17.9 Å². The summed E-state index contributed by atoms with van der Waals surface area (Å²) in [5.41, 5.74) is 3.08. The van der Waals surface area contributed by atoms with Crippen molar-refractivity contribution in [3.05, 3.63) is 41.3 Å². The van der Waals surface area contributed by atoms with Gasteiger partial charge in [-0.05, 0) is 37.0 Å². The van der Waals surface area contributed by atoms with E-state index in [9.17, 15) is 0 Å². The lowest BCUT2D eigenvalue weighted by Gasteiger charge is -2.23. The number of hydrogen-bond acceptors (Lipinski definition) is 4. The van der Waals surface area contributed by atoms with Gasteiger partial charge in [0.05, 0.1) is 11.8 Å². The standard InChI is InChI=1S/C13H13N5/c14-7-9-2-1-5-15-13(9)17-11-3-4-12-10(6-11)8-16-18-12/h1-2,5,8,11H,3-4,6H2,(H,15,17)(H,16,18). The Hall–Kier alpha value is -2.35. The smallest absolute Gasteiger partial charge is 0.144 e. The van der Waals surface area contributed by atoms with Crippen molar-refractivity contribution in [2.75, 3.05) is 5.32 Å². The Kier molecular flexibility index (Phi) is 2.69. The van der Waals surface area contributed by atoms with Gasteiger partial charge in [0.1, 0.15) is 11.9 Å². The van der Waals surface area contributed by atoms with E-state index in [-0.39, 0.29) is 0 Å². The first-order chi connectivity index (χ1) is 8.86. The van der Waals surface area contributed by atoms with Crippen LogP contribution in [0.1, 0.15) is 23.2 Å². The summed E-state index contributed by atoms with van der Waals surface area (Å²) in [5, 5.41) is 19.5. The average molecular weight is 239 g/mol. The molecule has 0 saturated heterocycles. The van der Waals surface area contributed by atoms with Gasteiger partial charge in [-0.1, -0.05) is 0 Å². The van der Waals surface area contributed by atoms with Crippen molar-refractivity contribution in [2.45, 2.75) is 25.3 Å². The Bertz CT molecular complexity index is 595. The number of H-pyrrole nitrogens is 1. The van der Waals surface area contributed by atoms with E-state index in [1.807, 2.05) is 6.20 Å². The number of aryl methyl sites for hydroxylation is 1. The van der Waals surface area contributed by atoms with Crippen molar-refractivity contribution in [1.29, 1.82) is 5.26 Å². The third-order valence-corrected chi connectivity index (χ3v) is 3.29. The second-order valence-corrected chi connectivity index (χ2v) is 4.47. The molecule has 2 aromatic heterocycles. The summed E-state index contributed by atoms with van der Waals surface area (Å²) in [6.45, 7) is 0. The van der Waals surface area contributed by atoms with E-state index in [1.165, 1.54) is 11.3 Å². The SMILES string of the molecule is N#Cc1cccnc1NC1CCc2[nH]ncc2C1. The van der Waals surface area contributed by atoms with E-state index in [1.54, 1.807) is 18.3 Å². The first-order valence-electron chi connectivity index (χ1n) is 5.99.